The number of hydroxylamine groups is 2. The third-order valence-corrected chi connectivity index (χ3v) is 20.3. The molecule has 6 aliphatic rings. The zero-order valence-corrected chi connectivity index (χ0v) is 60.3. The molecule has 0 unspecified atom stereocenters. The Morgan fingerprint density at radius 3 is 1.98 bits per heavy atom. The van der Waals surface area contributed by atoms with E-state index in [2.05, 4.69) is 16.0 Å². The van der Waals surface area contributed by atoms with Gasteiger partial charge >= 0.3 is 12.1 Å². The lowest BCUT2D eigenvalue weighted by Gasteiger charge is -2.54. The summed E-state index contributed by atoms with van der Waals surface area (Å²) in [6.45, 7) is 4.31. The Labute approximate surface area is 596 Å². The Balaban J connectivity index is 1.16. The van der Waals surface area contributed by atoms with E-state index in [1.807, 2.05) is 13.8 Å². The number of nitrogens with zero attached hydrogens (tertiary/aromatic N) is 9. The highest BCUT2D eigenvalue weighted by atomic mass is 19.4. The molecule has 8 rings (SSSR count). The van der Waals surface area contributed by atoms with Crippen molar-refractivity contribution in [3.05, 3.63) is 76.9 Å². The molecule has 562 valence electrons. The number of likely N-dealkylation sites (N-methyl/N-ethyl adjacent to an activating group) is 6. The van der Waals surface area contributed by atoms with Gasteiger partial charge in [0.1, 0.15) is 47.5 Å². The summed E-state index contributed by atoms with van der Waals surface area (Å²) >= 11 is 0. The molecule has 13 amide bonds. The molecule has 2 aliphatic carbocycles. The van der Waals surface area contributed by atoms with E-state index in [9.17, 15) is 56.3 Å². The maximum absolute atomic E-state index is 15.4. The van der Waals surface area contributed by atoms with Gasteiger partial charge in [-0.25, -0.2) is 4.79 Å². The molecule has 4 fully saturated rings. The molecule has 3 N–H and O–H groups in total. The highest BCUT2D eigenvalue weighted by Gasteiger charge is 2.59. The number of amides is 13. The summed E-state index contributed by atoms with van der Waals surface area (Å²) in [5.74, 6) is -13.2. The molecular weight excluding hydrogens is 1350 g/mol. The molecule has 29 nitrogen and oxygen atoms in total. The van der Waals surface area contributed by atoms with E-state index in [4.69, 9.17) is 14.3 Å². The van der Waals surface area contributed by atoms with Gasteiger partial charge < -0.3 is 69.5 Å². The van der Waals surface area contributed by atoms with Gasteiger partial charge in [0.15, 0.2) is 0 Å². The quantitative estimate of drug-likeness (QED) is 0.215. The standard InChI is InChI=1S/C71H95F3N12O17/c1-12-102-39-52-60(92)75-35-56(89)79(6)38-57(90)81(8)49-24-14-13-19-30-84(66(49)98)51(34-58(91)103-86-62(94)45-22-17-18-23-46(45)63(86)95)65(97)80(7)37-54(87)76-48(28-26-43-25-27-47(71(72,73)74)53(33-43)101-11)64(96)85-36-42(2)32-50(85)61(93)77-70(40-69(3,4)41-70)68(100)83(10)59(44-20-15-16-21-44)67(99)78(5)31-29-55(88)82(52)9/h13-14,17-18,22-23,25,27,33,42,44,48-52,59H,12,15-16,19-21,24,26,28-32,34-41H2,1-11H3,(H,75,92)(H,76,87)(H,77,93)/b14-13-/t42-,48+,49-,50-,51-,52-,59-/m0/s1. The summed E-state index contributed by atoms with van der Waals surface area (Å²) in [4.78, 5) is 218. The zero-order chi connectivity index (χ0) is 75.7. The molecule has 2 saturated heterocycles. The molecule has 103 heavy (non-hydrogen) atoms. The molecule has 4 aliphatic heterocycles. The van der Waals surface area contributed by atoms with Gasteiger partial charge in [0.25, 0.3) is 11.8 Å². The van der Waals surface area contributed by atoms with Crippen molar-refractivity contribution in [2.75, 3.05) is 102 Å². The first-order valence-corrected chi connectivity index (χ1v) is 34.7. The van der Waals surface area contributed by atoms with Crippen LogP contribution in [-0.2, 0) is 79.7 Å². The Hall–Kier alpha value is -9.49. The molecule has 32 heteroatoms. The topological polar surface area (TPSA) is 332 Å². The molecule has 4 heterocycles. The molecule has 1 spiro atoms. The van der Waals surface area contributed by atoms with Gasteiger partial charge in [0.05, 0.1) is 56.5 Å². The summed E-state index contributed by atoms with van der Waals surface area (Å²) < 4.78 is 53.1. The number of rotatable bonds is 11. The fourth-order valence-electron chi connectivity index (χ4n) is 14.8. The van der Waals surface area contributed by atoms with Crippen molar-refractivity contribution < 1.29 is 94.6 Å². The molecule has 7 atom stereocenters. The Morgan fingerprint density at radius 2 is 1.36 bits per heavy atom. The van der Waals surface area contributed by atoms with Crippen LogP contribution in [0.1, 0.15) is 137 Å². The van der Waals surface area contributed by atoms with Gasteiger partial charge in [0.2, 0.25) is 65.0 Å². The van der Waals surface area contributed by atoms with Crippen LogP contribution in [0.15, 0.2) is 54.6 Å². The van der Waals surface area contributed by atoms with Crippen LogP contribution < -0.4 is 20.7 Å². The van der Waals surface area contributed by atoms with Crippen molar-refractivity contribution >= 4 is 82.8 Å². The number of alkyl halides is 3. The minimum atomic E-state index is -4.81. The van der Waals surface area contributed by atoms with Crippen LogP contribution >= 0.6 is 0 Å². The minimum absolute atomic E-state index is 0.0560. The van der Waals surface area contributed by atoms with E-state index in [0.717, 1.165) is 63.6 Å². The number of hydrogen-bond acceptors (Lipinski definition) is 17. The number of imide groups is 1. The minimum Gasteiger partial charge on any atom is -0.496 e. The van der Waals surface area contributed by atoms with Crippen LogP contribution in [-0.4, -0.2) is 271 Å². The monoisotopic (exact) mass is 1440 g/mol. The van der Waals surface area contributed by atoms with Gasteiger partial charge in [-0.1, -0.05) is 69.0 Å². The third kappa shape index (κ3) is 18.3. The molecular formula is C71H95F3N12O17. The number of nitrogens with one attached hydrogen (secondary N) is 3. The highest BCUT2D eigenvalue weighted by molar-refractivity contribution is 6.21. The first-order chi connectivity index (χ1) is 48.5. The maximum atomic E-state index is 15.4. The zero-order valence-electron chi connectivity index (χ0n) is 60.3. The fraction of sp³-hybridized carbons (Fsp3) is 0.606. The van der Waals surface area contributed by atoms with Gasteiger partial charge in [-0.15, -0.1) is 0 Å². The summed E-state index contributed by atoms with van der Waals surface area (Å²) in [5.41, 5.74) is -3.15. The lowest BCUT2D eigenvalue weighted by atomic mass is 9.58. The van der Waals surface area contributed by atoms with Gasteiger partial charge in [-0.05, 0) is 112 Å². The van der Waals surface area contributed by atoms with Crippen LogP contribution in [0.2, 0.25) is 0 Å². The summed E-state index contributed by atoms with van der Waals surface area (Å²) in [5, 5.41) is 8.42. The number of methoxy groups -OCH3 is 1. The normalized spacial score (nSPS) is 25.8. The predicted molar refractivity (Wildman–Crippen MR) is 362 cm³/mol. The van der Waals surface area contributed by atoms with Crippen molar-refractivity contribution in [2.24, 2.45) is 17.3 Å². The number of aryl methyl sites for hydroxylation is 1. The van der Waals surface area contributed by atoms with Crippen molar-refractivity contribution in [3.8, 4) is 5.75 Å². The molecule has 2 aromatic rings. The first kappa shape index (κ1) is 79.2. The molecule has 2 saturated carbocycles. The molecule has 0 aromatic heterocycles. The van der Waals surface area contributed by atoms with Crippen molar-refractivity contribution in [2.45, 2.75) is 159 Å². The number of benzene rings is 2. The van der Waals surface area contributed by atoms with Crippen molar-refractivity contribution in [1.29, 1.82) is 0 Å². The maximum Gasteiger partial charge on any atom is 0.419 e. The first-order valence-electron chi connectivity index (χ1n) is 34.7. The second-order valence-corrected chi connectivity index (χ2v) is 28.6. The number of hydrogen-bond donors (Lipinski definition) is 3. The average molecular weight is 1450 g/mol. The third-order valence-electron chi connectivity index (χ3n) is 20.3. The van der Waals surface area contributed by atoms with Gasteiger partial charge in [0, 0.05) is 74.9 Å². The summed E-state index contributed by atoms with van der Waals surface area (Å²) in [6, 6.07) is 0.122. The number of carbonyl (C=O) groups excluding carboxylic acids is 14. The van der Waals surface area contributed by atoms with Crippen molar-refractivity contribution in [3.63, 3.8) is 0 Å². The fourth-order valence-corrected chi connectivity index (χ4v) is 14.8. The average Bonchev–Trinajstić information content (AvgIpc) is 0.795. The van der Waals surface area contributed by atoms with Crippen LogP contribution in [0.4, 0.5) is 13.2 Å². The van der Waals surface area contributed by atoms with Crippen LogP contribution in [0, 0.1) is 17.3 Å². The van der Waals surface area contributed by atoms with Crippen LogP contribution in [0.3, 0.4) is 0 Å². The SMILES string of the molecule is CCOC[C@H]1C(=O)NCC(=O)N(C)CC(=O)N(C)[C@H]2C/C=C\CCN(C2=O)[C@@H](CC(=O)ON2C(=O)c3ccccc3C2=O)C(=O)N(C)CC(=O)N[C@H](CCc2ccc(C(F)(F)F)c(OC)c2)C(=O)N2C[C@@H](C)C[C@H]2C(=O)NC2(CC(C)(C)C2)C(=O)N(C)[C@@H](C2CCCC2)C(=O)N(C)CCC(=O)N1C. The van der Waals surface area contributed by atoms with E-state index < -0.39 is 174 Å². The van der Waals surface area contributed by atoms with E-state index in [0.29, 0.717) is 12.8 Å². The largest absolute Gasteiger partial charge is 0.496 e. The molecule has 2 bridgehead atoms. The van der Waals surface area contributed by atoms with Crippen LogP contribution in [0.5, 0.6) is 5.75 Å². The van der Waals surface area contributed by atoms with E-state index in [1.54, 1.807) is 26.0 Å². The lowest BCUT2D eigenvalue weighted by Crippen LogP contribution is -2.71. The highest BCUT2D eigenvalue weighted by Crippen LogP contribution is 2.50. The lowest BCUT2D eigenvalue weighted by molar-refractivity contribution is -0.172. The number of halogens is 3. The number of fused-ring (bicyclic) bond motifs is 4. The number of ether oxygens (including phenoxy) is 2. The summed E-state index contributed by atoms with van der Waals surface area (Å²) in [6.07, 6.45) is -0.544. The molecule has 0 radical (unpaired) electrons. The van der Waals surface area contributed by atoms with E-state index in [1.165, 1.54) is 80.3 Å². The van der Waals surface area contributed by atoms with Gasteiger partial charge in [-0.2, -0.15) is 13.2 Å². The predicted octanol–water partition coefficient (Wildman–Crippen LogP) is 2.34. The van der Waals surface area contributed by atoms with Gasteiger partial charge in [-0.3, -0.25) is 62.3 Å². The second kappa shape index (κ2) is 33.3. The second-order valence-electron chi connectivity index (χ2n) is 28.6. The number of carbonyl (C=O) groups is 14. The Kier molecular flexibility index (Phi) is 25.6. The van der Waals surface area contributed by atoms with E-state index >= 15 is 24.0 Å². The van der Waals surface area contributed by atoms with E-state index in [-0.39, 0.29) is 118 Å². The smallest absolute Gasteiger partial charge is 0.419 e. The Morgan fingerprint density at radius 1 is 0.699 bits per heavy atom. The van der Waals surface area contributed by atoms with Crippen LogP contribution in [0.25, 0.3) is 0 Å². The summed E-state index contributed by atoms with van der Waals surface area (Å²) in [7, 11) is 9.07. The molecule has 2 aromatic carbocycles. The van der Waals surface area contributed by atoms with Crippen molar-refractivity contribution in [1.82, 2.24) is 60.2 Å². The Bertz CT molecular complexity index is 3610.